The second kappa shape index (κ2) is 7.64. The van der Waals surface area contributed by atoms with Crippen molar-refractivity contribution in [2.45, 2.75) is 6.54 Å². The SMILES string of the molecule is Cn1ncc2c(=O)n(CC(=O)NCCNc3ccccc3[N+](=O)[O-])cnc21. The molecular weight excluding hydrogens is 354 g/mol. The molecule has 0 spiro atoms. The summed E-state index contributed by atoms with van der Waals surface area (Å²) >= 11 is 0. The van der Waals surface area contributed by atoms with Crippen LogP contribution in [0.5, 0.6) is 0 Å². The predicted octanol–water partition coefficient (Wildman–Crippen LogP) is 0.267. The van der Waals surface area contributed by atoms with Gasteiger partial charge < -0.3 is 10.6 Å². The van der Waals surface area contributed by atoms with Crippen LogP contribution in [0.2, 0.25) is 0 Å². The number of amides is 1. The molecule has 1 aromatic carbocycles. The molecule has 2 N–H and O–H groups in total. The Morgan fingerprint density at radius 3 is 2.85 bits per heavy atom. The van der Waals surface area contributed by atoms with E-state index in [0.717, 1.165) is 0 Å². The minimum Gasteiger partial charge on any atom is -0.378 e. The van der Waals surface area contributed by atoms with Crippen molar-refractivity contribution in [3.8, 4) is 0 Å². The molecule has 0 bridgehead atoms. The summed E-state index contributed by atoms with van der Waals surface area (Å²) in [7, 11) is 1.68. The number of carbonyl (C=O) groups is 1. The molecule has 3 aromatic rings. The van der Waals surface area contributed by atoms with Gasteiger partial charge >= 0.3 is 0 Å². The highest BCUT2D eigenvalue weighted by Crippen LogP contribution is 2.22. The lowest BCUT2D eigenvalue weighted by atomic mass is 10.2. The fourth-order valence-electron chi connectivity index (χ4n) is 2.57. The van der Waals surface area contributed by atoms with Crippen LogP contribution in [-0.4, -0.2) is 43.3 Å². The largest absolute Gasteiger partial charge is 0.378 e. The molecule has 0 unspecified atom stereocenters. The first-order chi connectivity index (χ1) is 13.0. The normalized spacial score (nSPS) is 10.7. The van der Waals surface area contributed by atoms with E-state index in [1.54, 1.807) is 25.2 Å². The van der Waals surface area contributed by atoms with Crippen molar-refractivity contribution in [2.24, 2.45) is 7.05 Å². The summed E-state index contributed by atoms with van der Waals surface area (Å²) in [5.41, 5.74) is 0.442. The fourth-order valence-corrected chi connectivity index (χ4v) is 2.57. The van der Waals surface area contributed by atoms with Crippen LogP contribution >= 0.6 is 0 Å². The van der Waals surface area contributed by atoms with Crippen molar-refractivity contribution in [1.82, 2.24) is 24.6 Å². The topological polar surface area (TPSA) is 137 Å². The number of fused-ring (bicyclic) bond motifs is 1. The van der Waals surface area contributed by atoms with Gasteiger partial charge in [0.2, 0.25) is 5.91 Å². The van der Waals surface area contributed by atoms with Gasteiger partial charge in [-0.15, -0.1) is 0 Å². The van der Waals surface area contributed by atoms with E-state index >= 15 is 0 Å². The van der Waals surface area contributed by atoms with Crippen LogP contribution in [-0.2, 0) is 18.4 Å². The number of nitrogens with one attached hydrogen (secondary N) is 2. The lowest BCUT2D eigenvalue weighted by molar-refractivity contribution is -0.384. The van der Waals surface area contributed by atoms with E-state index in [2.05, 4.69) is 20.7 Å². The first kappa shape index (κ1) is 18.0. The average molecular weight is 371 g/mol. The first-order valence-corrected chi connectivity index (χ1v) is 8.08. The number of anilines is 1. The Kier molecular flexibility index (Phi) is 5.11. The molecule has 1 amide bonds. The quantitative estimate of drug-likeness (QED) is 0.345. The summed E-state index contributed by atoms with van der Waals surface area (Å²) < 4.78 is 2.68. The maximum Gasteiger partial charge on any atom is 0.292 e. The molecule has 0 aliphatic carbocycles. The van der Waals surface area contributed by atoms with Crippen molar-refractivity contribution in [2.75, 3.05) is 18.4 Å². The number of rotatable bonds is 7. The van der Waals surface area contributed by atoms with Gasteiger partial charge in [-0.2, -0.15) is 5.10 Å². The fraction of sp³-hybridized carbons (Fsp3) is 0.250. The monoisotopic (exact) mass is 371 g/mol. The molecular formula is C16H17N7O4. The molecule has 27 heavy (non-hydrogen) atoms. The van der Waals surface area contributed by atoms with Gasteiger partial charge in [-0.05, 0) is 6.07 Å². The van der Waals surface area contributed by atoms with Crippen LogP contribution in [0.15, 0.2) is 41.6 Å². The maximum atomic E-state index is 12.3. The van der Waals surface area contributed by atoms with E-state index in [1.165, 1.54) is 27.8 Å². The number of benzene rings is 1. The number of nitro benzene ring substituents is 1. The summed E-state index contributed by atoms with van der Waals surface area (Å²) in [6.45, 7) is 0.357. The van der Waals surface area contributed by atoms with Crippen LogP contribution in [0, 0.1) is 10.1 Å². The van der Waals surface area contributed by atoms with E-state index in [4.69, 9.17) is 0 Å². The Labute approximate surface area is 152 Å². The molecule has 0 aliphatic rings. The Balaban J connectivity index is 1.54. The van der Waals surface area contributed by atoms with E-state index in [-0.39, 0.29) is 30.2 Å². The van der Waals surface area contributed by atoms with Crippen LogP contribution in [0.25, 0.3) is 11.0 Å². The number of carbonyl (C=O) groups excluding carboxylic acids is 1. The molecule has 0 saturated carbocycles. The summed E-state index contributed by atoms with van der Waals surface area (Å²) in [5, 5.41) is 20.8. The molecule has 0 aliphatic heterocycles. The van der Waals surface area contributed by atoms with E-state index < -0.39 is 4.92 Å². The van der Waals surface area contributed by atoms with Gasteiger partial charge in [0.1, 0.15) is 23.9 Å². The van der Waals surface area contributed by atoms with Gasteiger partial charge in [-0.3, -0.25) is 29.0 Å². The zero-order chi connectivity index (χ0) is 19.4. The molecule has 0 fully saturated rings. The Morgan fingerprint density at radius 2 is 2.07 bits per heavy atom. The molecule has 0 atom stereocenters. The number of para-hydroxylation sites is 2. The van der Waals surface area contributed by atoms with Crippen LogP contribution in [0.3, 0.4) is 0 Å². The highest BCUT2D eigenvalue weighted by atomic mass is 16.6. The van der Waals surface area contributed by atoms with Crippen LogP contribution < -0.4 is 16.2 Å². The van der Waals surface area contributed by atoms with Gasteiger partial charge in [0.25, 0.3) is 11.2 Å². The Bertz CT molecular complexity index is 1060. The lowest BCUT2D eigenvalue weighted by Crippen LogP contribution is -2.34. The highest BCUT2D eigenvalue weighted by molar-refractivity contribution is 5.77. The third kappa shape index (κ3) is 3.92. The zero-order valence-corrected chi connectivity index (χ0v) is 14.5. The number of nitro groups is 1. The number of hydrogen-bond acceptors (Lipinski definition) is 7. The van der Waals surface area contributed by atoms with E-state index in [1.807, 2.05) is 0 Å². The highest BCUT2D eigenvalue weighted by Gasteiger charge is 2.12. The summed E-state index contributed by atoms with van der Waals surface area (Å²) in [4.78, 5) is 38.9. The Morgan fingerprint density at radius 1 is 1.30 bits per heavy atom. The third-order valence-electron chi connectivity index (χ3n) is 3.90. The number of nitrogens with zero attached hydrogens (tertiary/aromatic N) is 5. The molecule has 0 radical (unpaired) electrons. The number of aromatic nitrogens is 4. The Hall–Kier alpha value is -3.76. The molecule has 11 nitrogen and oxygen atoms in total. The summed E-state index contributed by atoms with van der Waals surface area (Å²) in [5.74, 6) is -0.369. The minimum atomic E-state index is -0.477. The van der Waals surface area contributed by atoms with Gasteiger partial charge in [0.15, 0.2) is 5.65 Å². The van der Waals surface area contributed by atoms with Gasteiger partial charge in [-0.1, -0.05) is 12.1 Å². The second-order valence-corrected chi connectivity index (χ2v) is 5.73. The molecule has 2 heterocycles. The van der Waals surface area contributed by atoms with E-state index in [0.29, 0.717) is 23.3 Å². The van der Waals surface area contributed by atoms with Crippen LogP contribution in [0.1, 0.15) is 0 Å². The summed E-state index contributed by atoms with van der Waals surface area (Å²) in [6.07, 6.45) is 2.72. The molecule has 11 heteroatoms. The standard InChI is InChI=1S/C16H17N7O4/c1-21-15-11(8-20-21)16(25)22(10-19-15)9-14(24)18-7-6-17-12-4-2-3-5-13(12)23(26)27/h2-5,8,10,17H,6-7,9H2,1H3,(H,18,24). The molecule has 0 saturated heterocycles. The lowest BCUT2D eigenvalue weighted by Gasteiger charge is -2.09. The zero-order valence-electron chi connectivity index (χ0n) is 14.5. The number of hydrogen-bond donors (Lipinski definition) is 2. The number of aryl methyl sites for hydroxylation is 1. The van der Waals surface area contributed by atoms with Gasteiger partial charge in [0.05, 0.1) is 11.1 Å². The van der Waals surface area contributed by atoms with E-state index in [9.17, 15) is 19.7 Å². The molecule has 3 rings (SSSR count). The van der Waals surface area contributed by atoms with Crippen molar-refractivity contribution >= 4 is 28.3 Å². The molecule has 140 valence electrons. The van der Waals surface area contributed by atoms with Crippen molar-refractivity contribution in [3.05, 3.63) is 57.3 Å². The smallest absolute Gasteiger partial charge is 0.292 e. The second-order valence-electron chi connectivity index (χ2n) is 5.73. The molecule has 2 aromatic heterocycles. The van der Waals surface area contributed by atoms with Crippen molar-refractivity contribution in [3.63, 3.8) is 0 Å². The van der Waals surface area contributed by atoms with Gasteiger partial charge in [0, 0.05) is 26.2 Å². The minimum absolute atomic E-state index is 0.0359. The van der Waals surface area contributed by atoms with Crippen molar-refractivity contribution in [1.29, 1.82) is 0 Å². The van der Waals surface area contributed by atoms with Crippen molar-refractivity contribution < 1.29 is 9.72 Å². The van der Waals surface area contributed by atoms with Gasteiger partial charge in [-0.25, -0.2) is 4.98 Å². The maximum absolute atomic E-state index is 12.3. The predicted molar refractivity (Wildman–Crippen MR) is 97.4 cm³/mol. The first-order valence-electron chi connectivity index (χ1n) is 8.08. The third-order valence-corrected chi connectivity index (χ3v) is 3.90. The van der Waals surface area contributed by atoms with Crippen LogP contribution in [0.4, 0.5) is 11.4 Å². The average Bonchev–Trinajstić information content (AvgIpc) is 3.03. The summed E-state index contributed by atoms with van der Waals surface area (Å²) in [6, 6.07) is 6.25.